The molecule has 4 fully saturated rings. The van der Waals surface area contributed by atoms with Crippen LogP contribution in [-0.2, 0) is 19.4 Å². The van der Waals surface area contributed by atoms with Crippen molar-refractivity contribution in [3.8, 4) is 0 Å². The fraction of sp³-hybridized carbons (Fsp3) is 0.694. The maximum atomic E-state index is 14.1. The molecule has 0 amide bonds. The number of nitrogens with zero attached hydrogens (tertiary/aromatic N) is 1. The van der Waals surface area contributed by atoms with Crippen LogP contribution in [0.2, 0.25) is 0 Å². The summed E-state index contributed by atoms with van der Waals surface area (Å²) in [6.45, 7) is 20.5. The van der Waals surface area contributed by atoms with Crippen LogP contribution < -0.4 is 5.32 Å². The Morgan fingerprint density at radius 3 is 2.30 bits per heavy atom. The highest BCUT2D eigenvalue weighted by atomic mass is 32.2. The SMILES string of the molecule is CC(C)C1=C2[C@H]3CC[C@@H]4[C@@]5(C)CC=C(C6=CC[C@](CF)(OC=O)CC6)C(C)(C)[C@@H]5CC[C@@]4(C)[C@]3(C)CC[C@@]2(NCCN2CCS(=O)(=O)CC2)C=C1c1ccccc1. The summed E-state index contributed by atoms with van der Waals surface area (Å²) in [5, 5.41) is 4.22. The second-order valence-corrected chi connectivity index (χ2v) is 23.2. The van der Waals surface area contributed by atoms with Gasteiger partial charge in [-0.15, -0.1) is 0 Å². The number of hydrogen-bond acceptors (Lipinski definition) is 6. The second-order valence-electron chi connectivity index (χ2n) is 20.9. The molecule has 7 aliphatic rings. The van der Waals surface area contributed by atoms with Crippen molar-refractivity contribution >= 4 is 21.9 Å². The monoisotopic (exact) mass is 800 g/mol. The van der Waals surface area contributed by atoms with Gasteiger partial charge in [-0.05, 0) is 137 Å². The van der Waals surface area contributed by atoms with Crippen LogP contribution in [0.3, 0.4) is 0 Å². The quantitative estimate of drug-likeness (QED) is 0.238. The van der Waals surface area contributed by atoms with Crippen LogP contribution in [0.15, 0.2) is 70.9 Å². The van der Waals surface area contributed by atoms with Gasteiger partial charge in [0.1, 0.15) is 12.3 Å². The van der Waals surface area contributed by atoms with E-state index in [4.69, 9.17) is 4.74 Å². The minimum absolute atomic E-state index is 0.00335. The van der Waals surface area contributed by atoms with E-state index in [-0.39, 0.29) is 38.7 Å². The molecule has 312 valence electrons. The van der Waals surface area contributed by atoms with Gasteiger partial charge in [-0.25, -0.2) is 12.8 Å². The van der Waals surface area contributed by atoms with Gasteiger partial charge in [-0.3, -0.25) is 4.79 Å². The molecule has 0 unspecified atom stereocenters. The Bertz CT molecular complexity index is 1970. The summed E-state index contributed by atoms with van der Waals surface area (Å²) in [6, 6.07) is 11.1. The van der Waals surface area contributed by atoms with Crippen LogP contribution >= 0.6 is 0 Å². The lowest BCUT2D eigenvalue weighted by Crippen LogP contribution is -2.66. The third kappa shape index (κ3) is 6.51. The molecule has 8 rings (SSSR count). The normalized spacial score (nSPS) is 39.9. The lowest BCUT2D eigenvalue weighted by atomic mass is 9.33. The second kappa shape index (κ2) is 14.6. The number of hydrogen-bond donors (Lipinski definition) is 1. The first-order valence-electron chi connectivity index (χ1n) is 22.3. The Labute approximate surface area is 343 Å². The Kier molecular flexibility index (Phi) is 10.5. The number of rotatable bonds is 10. The third-order valence-electron chi connectivity index (χ3n) is 17.7. The van der Waals surface area contributed by atoms with Crippen molar-refractivity contribution in [3.63, 3.8) is 0 Å². The van der Waals surface area contributed by atoms with Crippen LogP contribution in [0.1, 0.15) is 118 Å². The van der Waals surface area contributed by atoms with E-state index in [1.165, 1.54) is 54.4 Å². The van der Waals surface area contributed by atoms with Gasteiger partial charge in [0.25, 0.3) is 6.47 Å². The first-order valence-corrected chi connectivity index (χ1v) is 24.1. The summed E-state index contributed by atoms with van der Waals surface area (Å²) in [7, 11) is -2.91. The highest BCUT2D eigenvalue weighted by Gasteiger charge is 2.69. The van der Waals surface area contributed by atoms with Gasteiger partial charge in [-0.2, -0.15) is 0 Å². The Morgan fingerprint density at radius 1 is 0.912 bits per heavy atom. The number of carbonyl (C=O) groups excluding carboxylic acids is 1. The number of benzene rings is 1. The molecule has 0 spiro atoms. The number of alkyl halides is 1. The maximum absolute atomic E-state index is 14.1. The Morgan fingerprint density at radius 2 is 1.65 bits per heavy atom. The Balaban J connectivity index is 1.12. The number of halogens is 1. The minimum Gasteiger partial charge on any atom is -0.458 e. The first-order chi connectivity index (χ1) is 27.0. The summed E-state index contributed by atoms with van der Waals surface area (Å²) >= 11 is 0. The van der Waals surface area contributed by atoms with E-state index < -0.39 is 22.1 Å². The van der Waals surface area contributed by atoms with Crippen LogP contribution in [0.4, 0.5) is 4.39 Å². The standard InChI is InChI=1S/C49H69FN2O4S/c1-34(2)42-37(35-11-9-8-10-12-35)31-49(51-25-26-52-27-29-57(54,55)30-28-52)24-23-46(6)39(43(42)49)13-14-41-45(5)19-17-38(44(3,4)40(45)18-20-47(41,46)7)36-15-21-48(32-50,22-16-36)56-33-53/h8-12,15,17,31,33-34,39-41,51H,13-14,16,18-30,32H2,1-7H3/t39-,40+,41-,45+,46-,47-,48+,49-/m1/s1. The van der Waals surface area contributed by atoms with Crippen LogP contribution in [0.5, 0.6) is 0 Å². The zero-order valence-electron chi connectivity index (χ0n) is 35.9. The smallest absolute Gasteiger partial charge is 0.293 e. The van der Waals surface area contributed by atoms with Crippen molar-refractivity contribution in [3.05, 3.63) is 76.4 Å². The molecule has 8 atom stereocenters. The highest BCUT2D eigenvalue weighted by Crippen LogP contribution is 2.76. The van der Waals surface area contributed by atoms with Gasteiger partial charge in [0.15, 0.2) is 9.84 Å². The van der Waals surface area contributed by atoms with Crippen LogP contribution in [0.25, 0.3) is 5.57 Å². The van der Waals surface area contributed by atoms with Gasteiger partial charge in [0.2, 0.25) is 0 Å². The molecule has 0 aromatic heterocycles. The minimum atomic E-state index is -2.91. The van der Waals surface area contributed by atoms with Crippen LogP contribution in [0, 0.1) is 45.3 Å². The summed E-state index contributed by atoms with van der Waals surface area (Å²) in [6.07, 6.45) is 17.4. The lowest BCUT2D eigenvalue weighted by molar-refractivity contribution is -0.195. The van der Waals surface area contributed by atoms with Gasteiger partial charge in [-0.1, -0.05) is 97.0 Å². The van der Waals surface area contributed by atoms with Gasteiger partial charge >= 0.3 is 0 Å². The van der Waals surface area contributed by atoms with Crippen molar-refractivity contribution < 1.29 is 22.3 Å². The number of carbonyl (C=O) groups is 1. The lowest BCUT2D eigenvalue weighted by Gasteiger charge is -2.71. The molecule has 8 heteroatoms. The molecule has 0 bridgehead atoms. The number of ether oxygens (including phenoxy) is 1. The van der Waals surface area contributed by atoms with E-state index >= 15 is 0 Å². The zero-order chi connectivity index (χ0) is 40.6. The zero-order valence-corrected chi connectivity index (χ0v) is 36.7. The van der Waals surface area contributed by atoms with Crippen molar-refractivity contribution in [2.75, 3.05) is 44.4 Å². The van der Waals surface area contributed by atoms with Crippen molar-refractivity contribution in [1.29, 1.82) is 0 Å². The molecule has 6 nitrogen and oxygen atoms in total. The van der Waals surface area contributed by atoms with Crippen molar-refractivity contribution in [1.82, 2.24) is 10.2 Å². The summed E-state index contributed by atoms with van der Waals surface area (Å²) in [5.74, 6) is 2.58. The third-order valence-corrected chi connectivity index (χ3v) is 19.3. The van der Waals surface area contributed by atoms with E-state index in [0.29, 0.717) is 56.1 Å². The summed E-state index contributed by atoms with van der Waals surface area (Å²) in [4.78, 5) is 13.6. The topological polar surface area (TPSA) is 75.7 Å². The van der Waals surface area contributed by atoms with Gasteiger partial charge < -0.3 is 15.0 Å². The average molecular weight is 801 g/mol. The molecule has 1 saturated heterocycles. The van der Waals surface area contributed by atoms with E-state index in [1.54, 1.807) is 11.1 Å². The first kappa shape index (κ1) is 41.2. The highest BCUT2D eigenvalue weighted by molar-refractivity contribution is 7.91. The number of allylic oxidation sites excluding steroid dienone is 5. The molecule has 1 aromatic carbocycles. The van der Waals surface area contributed by atoms with E-state index in [2.05, 4.69) is 107 Å². The summed E-state index contributed by atoms with van der Waals surface area (Å²) in [5.41, 5.74) is 8.04. The van der Waals surface area contributed by atoms with E-state index in [9.17, 15) is 17.6 Å². The van der Waals surface area contributed by atoms with E-state index in [1.807, 2.05) is 0 Å². The Hall–Kier alpha value is -2.55. The molecule has 1 N–H and O–H groups in total. The molecular weight excluding hydrogens is 732 g/mol. The number of nitrogens with one attached hydrogen (secondary N) is 1. The molecule has 3 saturated carbocycles. The predicted molar refractivity (Wildman–Crippen MR) is 229 cm³/mol. The molecule has 0 radical (unpaired) electrons. The molecular formula is C49H69FN2O4S. The van der Waals surface area contributed by atoms with Crippen LogP contribution in [-0.4, -0.2) is 75.3 Å². The van der Waals surface area contributed by atoms with Crippen molar-refractivity contribution in [2.24, 2.45) is 45.3 Å². The number of fused-ring (bicyclic) bond motifs is 7. The fourth-order valence-electron chi connectivity index (χ4n) is 14.6. The van der Waals surface area contributed by atoms with Gasteiger partial charge in [0, 0.05) is 32.6 Å². The van der Waals surface area contributed by atoms with Gasteiger partial charge in [0.05, 0.1) is 17.0 Å². The molecule has 6 aliphatic carbocycles. The maximum Gasteiger partial charge on any atom is 0.293 e. The van der Waals surface area contributed by atoms with Crippen molar-refractivity contribution in [2.45, 2.75) is 124 Å². The molecule has 1 heterocycles. The van der Waals surface area contributed by atoms with E-state index in [0.717, 1.165) is 32.4 Å². The fourth-order valence-corrected chi connectivity index (χ4v) is 15.8. The number of sulfone groups is 1. The average Bonchev–Trinajstić information content (AvgIpc) is 3.52. The predicted octanol–water partition coefficient (Wildman–Crippen LogP) is 9.69. The molecule has 57 heavy (non-hydrogen) atoms. The molecule has 1 aromatic rings. The largest absolute Gasteiger partial charge is 0.458 e. The summed E-state index contributed by atoms with van der Waals surface area (Å²) < 4.78 is 43.8. The molecule has 1 aliphatic heterocycles.